The van der Waals surface area contributed by atoms with Crippen molar-refractivity contribution < 1.29 is 29.6 Å². The van der Waals surface area contributed by atoms with Crippen LogP contribution in [0.4, 0.5) is 0 Å². The average molecular weight is 392 g/mol. The van der Waals surface area contributed by atoms with Crippen LogP contribution in [-0.4, -0.2) is 44.7 Å². The van der Waals surface area contributed by atoms with E-state index in [1.54, 1.807) is 6.08 Å². The Kier molecular flexibility index (Phi) is 8.96. The Bertz CT molecular complexity index is 662. The summed E-state index contributed by atoms with van der Waals surface area (Å²) in [4.78, 5) is 10.5. The summed E-state index contributed by atoms with van der Waals surface area (Å²) in [7, 11) is 0. The van der Waals surface area contributed by atoms with Gasteiger partial charge in [-0.15, -0.1) is 0 Å². The van der Waals surface area contributed by atoms with Gasteiger partial charge in [0, 0.05) is 25.2 Å². The van der Waals surface area contributed by atoms with Crippen LogP contribution in [0.1, 0.15) is 50.0 Å². The summed E-state index contributed by atoms with van der Waals surface area (Å²) in [5, 5.41) is 39.3. The Morgan fingerprint density at radius 3 is 2.75 bits per heavy atom. The second-order valence-corrected chi connectivity index (χ2v) is 7.61. The molecular formula is C22H32O6. The summed E-state index contributed by atoms with van der Waals surface area (Å²) in [5.41, 5.74) is 0. The van der Waals surface area contributed by atoms with Crippen molar-refractivity contribution in [3.05, 3.63) is 48.0 Å². The number of hydrogen-bond donors (Lipinski definition) is 4. The Labute approximate surface area is 166 Å². The number of carboxylic acid groups (broad SMARTS) is 1. The highest BCUT2D eigenvalue weighted by atomic mass is 16.4. The van der Waals surface area contributed by atoms with E-state index >= 15 is 0 Å². The molecule has 1 heterocycles. The molecule has 2 rings (SSSR count). The van der Waals surface area contributed by atoms with E-state index < -0.39 is 24.3 Å². The van der Waals surface area contributed by atoms with Gasteiger partial charge in [-0.3, -0.25) is 4.79 Å². The first-order chi connectivity index (χ1) is 13.4. The zero-order valence-electron chi connectivity index (χ0n) is 16.4. The van der Waals surface area contributed by atoms with E-state index in [1.165, 1.54) is 0 Å². The summed E-state index contributed by atoms with van der Waals surface area (Å²) in [6.07, 6.45) is 9.08. The molecule has 1 aliphatic rings. The predicted octanol–water partition coefficient (Wildman–Crippen LogP) is 3.00. The van der Waals surface area contributed by atoms with E-state index in [2.05, 4.69) is 0 Å². The molecule has 0 spiro atoms. The van der Waals surface area contributed by atoms with Crippen LogP contribution in [0.15, 0.2) is 40.9 Å². The van der Waals surface area contributed by atoms with Gasteiger partial charge >= 0.3 is 5.97 Å². The molecule has 6 heteroatoms. The van der Waals surface area contributed by atoms with E-state index in [-0.39, 0.29) is 18.3 Å². The molecule has 1 aromatic rings. The number of furan rings is 1. The zero-order chi connectivity index (χ0) is 20.5. The number of allylic oxidation sites excluding steroid dienone is 2. The van der Waals surface area contributed by atoms with E-state index in [9.17, 15) is 20.1 Å². The first-order valence-electron chi connectivity index (χ1n) is 10.0. The molecule has 1 aliphatic carbocycles. The first-order valence-corrected chi connectivity index (χ1v) is 10.0. The highest BCUT2D eigenvalue weighted by Crippen LogP contribution is 2.36. The molecule has 0 radical (unpaired) electrons. The molecule has 0 amide bonds. The third kappa shape index (κ3) is 7.26. The first kappa shape index (κ1) is 22.4. The molecule has 0 saturated heterocycles. The molecule has 5 atom stereocenters. The van der Waals surface area contributed by atoms with Gasteiger partial charge in [-0.2, -0.15) is 0 Å². The Morgan fingerprint density at radius 2 is 2.07 bits per heavy atom. The maximum atomic E-state index is 10.5. The third-order valence-corrected chi connectivity index (χ3v) is 5.29. The summed E-state index contributed by atoms with van der Waals surface area (Å²) in [5.74, 6) is 0.573. The fraction of sp³-hybridized carbons (Fsp3) is 0.591. The number of aliphatic carboxylic acids is 1. The largest absolute Gasteiger partial charge is 0.481 e. The zero-order valence-corrected chi connectivity index (χ0v) is 16.4. The molecule has 0 aromatic carbocycles. The molecule has 0 bridgehead atoms. The van der Waals surface area contributed by atoms with Gasteiger partial charge in [0.15, 0.2) is 0 Å². The van der Waals surface area contributed by atoms with Crippen LogP contribution in [0.2, 0.25) is 0 Å². The standard InChI is InChI=1S/C22H32O6/c1-15-8-11-17(28-15)12-9-16(23)10-13-19-18(20(24)14-21(19)25)6-4-2-3-5-7-22(26)27/h2,4,8,10-11,13,16,18-21,23-25H,3,5-7,9,12,14H2,1H3,(H,26,27)/t16-,18+,19+,20-,21+/m0/s1. The van der Waals surface area contributed by atoms with Crippen molar-refractivity contribution >= 4 is 5.97 Å². The molecule has 156 valence electrons. The minimum Gasteiger partial charge on any atom is -0.481 e. The number of rotatable bonds is 11. The van der Waals surface area contributed by atoms with Gasteiger partial charge in [0.25, 0.3) is 0 Å². The number of carboxylic acids is 1. The van der Waals surface area contributed by atoms with Crippen LogP contribution in [-0.2, 0) is 11.2 Å². The van der Waals surface area contributed by atoms with Crippen LogP contribution in [0.5, 0.6) is 0 Å². The smallest absolute Gasteiger partial charge is 0.303 e. The molecule has 0 unspecified atom stereocenters. The molecule has 28 heavy (non-hydrogen) atoms. The molecule has 1 fully saturated rings. The molecular weight excluding hydrogens is 360 g/mol. The third-order valence-electron chi connectivity index (χ3n) is 5.29. The van der Waals surface area contributed by atoms with E-state index in [1.807, 2.05) is 37.3 Å². The van der Waals surface area contributed by atoms with Crippen molar-refractivity contribution in [3.8, 4) is 0 Å². The van der Waals surface area contributed by atoms with Gasteiger partial charge in [-0.05, 0) is 50.7 Å². The maximum Gasteiger partial charge on any atom is 0.303 e. The van der Waals surface area contributed by atoms with Crippen molar-refractivity contribution in [3.63, 3.8) is 0 Å². The van der Waals surface area contributed by atoms with Crippen LogP contribution >= 0.6 is 0 Å². The fourth-order valence-corrected chi connectivity index (χ4v) is 3.71. The summed E-state index contributed by atoms with van der Waals surface area (Å²) in [6.45, 7) is 1.88. The van der Waals surface area contributed by atoms with Crippen molar-refractivity contribution in [2.24, 2.45) is 11.8 Å². The second-order valence-electron chi connectivity index (χ2n) is 7.61. The van der Waals surface area contributed by atoms with Crippen molar-refractivity contribution in [2.45, 2.75) is 70.2 Å². The highest BCUT2D eigenvalue weighted by Gasteiger charge is 2.39. The summed E-state index contributed by atoms with van der Waals surface area (Å²) in [6, 6.07) is 3.80. The topological polar surface area (TPSA) is 111 Å². The van der Waals surface area contributed by atoms with Crippen LogP contribution in [0, 0.1) is 18.8 Å². The quantitative estimate of drug-likeness (QED) is 0.340. The number of hydrogen-bond acceptors (Lipinski definition) is 5. The van der Waals surface area contributed by atoms with Gasteiger partial charge in [0.05, 0.1) is 18.3 Å². The fourth-order valence-electron chi connectivity index (χ4n) is 3.71. The Morgan fingerprint density at radius 1 is 1.29 bits per heavy atom. The number of aryl methyl sites for hydroxylation is 2. The minimum atomic E-state index is -0.798. The Balaban J connectivity index is 1.81. The monoisotopic (exact) mass is 392 g/mol. The van der Waals surface area contributed by atoms with Crippen molar-refractivity contribution in [1.29, 1.82) is 0 Å². The van der Waals surface area contributed by atoms with Crippen LogP contribution in [0.3, 0.4) is 0 Å². The molecule has 0 aliphatic heterocycles. The Hall–Kier alpha value is -1.89. The lowest BCUT2D eigenvalue weighted by Crippen LogP contribution is -2.20. The van der Waals surface area contributed by atoms with Crippen LogP contribution < -0.4 is 0 Å². The van der Waals surface area contributed by atoms with Gasteiger partial charge in [-0.25, -0.2) is 0 Å². The average Bonchev–Trinajstić information content (AvgIpc) is 3.16. The number of aliphatic hydroxyl groups excluding tert-OH is 3. The van der Waals surface area contributed by atoms with E-state index in [0.717, 1.165) is 11.5 Å². The lowest BCUT2D eigenvalue weighted by atomic mass is 9.89. The minimum absolute atomic E-state index is 0.109. The predicted molar refractivity (Wildman–Crippen MR) is 106 cm³/mol. The van der Waals surface area contributed by atoms with Gasteiger partial charge in [0.1, 0.15) is 11.5 Å². The lowest BCUT2D eigenvalue weighted by molar-refractivity contribution is -0.137. The molecule has 6 nitrogen and oxygen atoms in total. The number of unbranched alkanes of at least 4 members (excludes halogenated alkanes) is 1. The number of carbonyl (C=O) groups is 1. The van der Waals surface area contributed by atoms with E-state index in [4.69, 9.17) is 9.52 Å². The molecule has 4 N–H and O–H groups in total. The van der Waals surface area contributed by atoms with Crippen molar-refractivity contribution in [2.75, 3.05) is 0 Å². The number of aliphatic hydroxyl groups is 3. The molecule has 1 aromatic heterocycles. The highest BCUT2D eigenvalue weighted by molar-refractivity contribution is 5.66. The maximum absolute atomic E-state index is 10.5. The van der Waals surface area contributed by atoms with Crippen LogP contribution in [0.25, 0.3) is 0 Å². The van der Waals surface area contributed by atoms with Gasteiger partial charge < -0.3 is 24.8 Å². The summed E-state index contributed by atoms with van der Waals surface area (Å²) >= 11 is 0. The van der Waals surface area contributed by atoms with Gasteiger partial charge in [0.2, 0.25) is 0 Å². The van der Waals surface area contributed by atoms with Gasteiger partial charge in [-0.1, -0.05) is 24.3 Å². The normalized spacial score (nSPS) is 26.4. The van der Waals surface area contributed by atoms with E-state index in [0.29, 0.717) is 38.5 Å². The van der Waals surface area contributed by atoms with Crippen molar-refractivity contribution in [1.82, 2.24) is 0 Å². The molecule has 1 saturated carbocycles. The second kappa shape index (κ2) is 11.2. The SMILES string of the molecule is Cc1ccc(CC[C@H](O)C=C[C@@H]2[C@@H](CC=CCCCC(=O)O)[C@@H](O)C[C@H]2O)o1. The summed E-state index contributed by atoms with van der Waals surface area (Å²) < 4.78 is 5.50. The lowest BCUT2D eigenvalue weighted by Gasteiger charge is -2.19.